The van der Waals surface area contributed by atoms with Crippen molar-refractivity contribution in [3.8, 4) is 0 Å². The molecular formula is C23H31FO5S. The van der Waals surface area contributed by atoms with Crippen LogP contribution in [-0.2, 0) is 4.79 Å². The second-order valence-electron chi connectivity index (χ2n) is 8.47. The van der Waals surface area contributed by atoms with E-state index in [0.29, 0.717) is 25.7 Å². The maximum Gasteiger partial charge on any atom is 0.303 e. The number of hydrogen-bond donors (Lipinski definition) is 4. The number of aliphatic carboxylic acids is 1. The highest BCUT2D eigenvalue weighted by Gasteiger charge is 2.40. The summed E-state index contributed by atoms with van der Waals surface area (Å²) >= 11 is 1.38. The summed E-state index contributed by atoms with van der Waals surface area (Å²) < 4.78 is 14.2. The predicted octanol–water partition coefficient (Wildman–Crippen LogP) is 4.64. The Morgan fingerprint density at radius 3 is 2.50 bits per heavy atom. The van der Waals surface area contributed by atoms with Crippen LogP contribution in [0.3, 0.4) is 0 Å². The normalized spacial score (nSPS) is 25.1. The number of carboxylic acids is 1. The Kier molecular flexibility index (Phi) is 8.22. The lowest BCUT2D eigenvalue weighted by Crippen LogP contribution is -2.23. The molecule has 1 fully saturated rings. The third-order valence-electron chi connectivity index (χ3n) is 6.30. The van der Waals surface area contributed by atoms with Gasteiger partial charge in [-0.3, -0.25) is 4.79 Å². The number of halogens is 1. The summed E-state index contributed by atoms with van der Waals surface area (Å²) in [5, 5.41) is 41.0. The third-order valence-corrected chi connectivity index (χ3v) is 7.50. The summed E-state index contributed by atoms with van der Waals surface area (Å²) in [6, 6.07) is 6.48. The summed E-state index contributed by atoms with van der Waals surface area (Å²) in [5.74, 6) is -1.12. The van der Waals surface area contributed by atoms with E-state index in [-0.39, 0.29) is 24.1 Å². The van der Waals surface area contributed by atoms with E-state index in [1.54, 1.807) is 6.07 Å². The fourth-order valence-corrected chi connectivity index (χ4v) is 5.78. The molecule has 0 spiro atoms. The van der Waals surface area contributed by atoms with E-state index < -0.39 is 24.3 Å². The fraction of sp³-hybridized carbons (Fsp3) is 0.609. The number of carboxylic acid groups (broad SMARTS) is 1. The van der Waals surface area contributed by atoms with E-state index in [4.69, 9.17) is 5.11 Å². The van der Waals surface area contributed by atoms with Crippen molar-refractivity contribution in [1.29, 1.82) is 0 Å². The zero-order chi connectivity index (χ0) is 21.7. The number of aliphatic hydroxyl groups is 3. The molecule has 0 radical (unpaired) electrons. The molecule has 1 saturated carbocycles. The smallest absolute Gasteiger partial charge is 0.303 e. The zero-order valence-electron chi connectivity index (χ0n) is 17.0. The Hall–Kier alpha value is -1.54. The summed E-state index contributed by atoms with van der Waals surface area (Å²) in [5.41, 5.74) is 0. The van der Waals surface area contributed by atoms with Crippen molar-refractivity contribution in [2.75, 3.05) is 0 Å². The highest BCUT2D eigenvalue weighted by atomic mass is 32.1. The highest BCUT2D eigenvalue weighted by Crippen LogP contribution is 2.41. The highest BCUT2D eigenvalue weighted by molar-refractivity contribution is 7.19. The van der Waals surface area contributed by atoms with Gasteiger partial charge >= 0.3 is 5.97 Å². The molecule has 1 aliphatic carbocycles. The molecular weight excluding hydrogens is 407 g/mol. The Labute approximate surface area is 180 Å². The largest absolute Gasteiger partial charge is 0.481 e. The van der Waals surface area contributed by atoms with Crippen molar-refractivity contribution in [2.24, 2.45) is 11.8 Å². The van der Waals surface area contributed by atoms with Crippen LogP contribution in [0.1, 0.15) is 68.8 Å². The molecule has 1 heterocycles. The van der Waals surface area contributed by atoms with Crippen LogP contribution in [0.25, 0.3) is 10.1 Å². The average Bonchev–Trinajstić information content (AvgIpc) is 3.22. The number of rotatable bonds is 11. The van der Waals surface area contributed by atoms with Crippen molar-refractivity contribution in [1.82, 2.24) is 0 Å². The van der Waals surface area contributed by atoms with Crippen molar-refractivity contribution >= 4 is 27.4 Å². The van der Waals surface area contributed by atoms with E-state index in [2.05, 4.69) is 0 Å². The van der Waals surface area contributed by atoms with Gasteiger partial charge in [0.2, 0.25) is 0 Å². The molecule has 0 bridgehead atoms. The van der Waals surface area contributed by atoms with Crippen molar-refractivity contribution in [2.45, 2.75) is 76.1 Å². The van der Waals surface area contributed by atoms with Crippen LogP contribution in [0.15, 0.2) is 24.3 Å². The molecule has 3 rings (SSSR count). The molecule has 0 amide bonds. The first-order valence-corrected chi connectivity index (χ1v) is 11.6. The lowest BCUT2D eigenvalue weighted by Gasteiger charge is -2.24. The van der Waals surface area contributed by atoms with Gasteiger partial charge in [0.25, 0.3) is 0 Å². The molecule has 0 aliphatic heterocycles. The Balaban J connectivity index is 1.50. The molecule has 0 saturated heterocycles. The Bertz CT molecular complexity index is 838. The molecule has 166 valence electrons. The van der Waals surface area contributed by atoms with Crippen molar-refractivity contribution in [3.63, 3.8) is 0 Å². The van der Waals surface area contributed by atoms with Gasteiger partial charge < -0.3 is 20.4 Å². The van der Waals surface area contributed by atoms with Gasteiger partial charge in [-0.05, 0) is 67.5 Å². The number of carbonyl (C=O) groups is 1. The van der Waals surface area contributed by atoms with Gasteiger partial charge in [-0.25, -0.2) is 4.39 Å². The maximum atomic E-state index is 13.4. The van der Waals surface area contributed by atoms with Gasteiger partial charge in [-0.1, -0.05) is 25.3 Å². The van der Waals surface area contributed by atoms with E-state index in [1.807, 2.05) is 6.07 Å². The van der Waals surface area contributed by atoms with E-state index in [0.717, 1.165) is 40.6 Å². The molecule has 7 heteroatoms. The lowest BCUT2D eigenvalue weighted by atomic mass is 9.84. The Morgan fingerprint density at radius 2 is 1.77 bits per heavy atom. The summed E-state index contributed by atoms with van der Waals surface area (Å²) in [6.45, 7) is 0. The van der Waals surface area contributed by atoms with E-state index >= 15 is 0 Å². The van der Waals surface area contributed by atoms with Crippen LogP contribution in [0, 0.1) is 17.7 Å². The quantitative estimate of drug-likeness (QED) is 0.383. The summed E-state index contributed by atoms with van der Waals surface area (Å²) in [6.07, 6.45) is 4.02. The van der Waals surface area contributed by atoms with Gasteiger partial charge in [0, 0.05) is 16.0 Å². The molecule has 30 heavy (non-hydrogen) atoms. The first kappa shape index (κ1) is 23.1. The van der Waals surface area contributed by atoms with Crippen LogP contribution in [0.4, 0.5) is 4.39 Å². The van der Waals surface area contributed by atoms with Crippen LogP contribution < -0.4 is 0 Å². The molecule has 1 aromatic carbocycles. The summed E-state index contributed by atoms with van der Waals surface area (Å²) in [7, 11) is 0. The molecule has 2 aromatic rings. The topological polar surface area (TPSA) is 98.0 Å². The second-order valence-corrected chi connectivity index (χ2v) is 9.58. The number of hydrogen-bond acceptors (Lipinski definition) is 5. The first-order valence-electron chi connectivity index (χ1n) is 10.8. The monoisotopic (exact) mass is 438 g/mol. The minimum Gasteiger partial charge on any atom is -0.481 e. The molecule has 5 nitrogen and oxygen atoms in total. The van der Waals surface area contributed by atoms with Gasteiger partial charge in [0.1, 0.15) is 5.82 Å². The lowest BCUT2D eigenvalue weighted by molar-refractivity contribution is -0.137. The van der Waals surface area contributed by atoms with Crippen LogP contribution in [0.5, 0.6) is 0 Å². The minimum atomic E-state index is -0.772. The molecule has 4 N–H and O–H groups in total. The minimum absolute atomic E-state index is 0.00294. The van der Waals surface area contributed by atoms with Crippen LogP contribution >= 0.6 is 11.3 Å². The average molecular weight is 439 g/mol. The van der Waals surface area contributed by atoms with Gasteiger partial charge in [-0.2, -0.15) is 0 Å². The number of unbranched alkanes of at least 4 members (excludes halogenated alkanes) is 3. The number of thiophene rings is 1. The second kappa shape index (κ2) is 10.7. The Morgan fingerprint density at radius 1 is 1.07 bits per heavy atom. The first-order chi connectivity index (χ1) is 14.3. The van der Waals surface area contributed by atoms with Crippen LogP contribution in [-0.4, -0.2) is 38.6 Å². The molecule has 1 aromatic heterocycles. The van der Waals surface area contributed by atoms with E-state index in [1.165, 1.54) is 23.5 Å². The number of benzene rings is 1. The third kappa shape index (κ3) is 6.00. The predicted molar refractivity (Wildman–Crippen MR) is 115 cm³/mol. The standard InChI is InChI=1S/C23H31FO5S/c24-15-8-7-14-11-22(30-21(14)12-15)18(25)10-9-17-16(19(26)13-20(17)27)5-3-1-2-4-6-23(28)29/h7-8,11-12,16-20,25-27H,1-6,9-10,13H2,(H,28,29). The van der Waals surface area contributed by atoms with Gasteiger partial charge in [0.15, 0.2) is 0 Å². The van der Waals surface area contributed by atoms with Gasteiger partial charge in [-0.15, -0.1) is 11.3 Å². The van der Waals surface area contributed by atoms with Crippen molar-refractivity contribution < 1.29 is 29.6 Å². The summed E-state index contributed by atoms with van der Waals surface area (Å²) in [4.78, 5) is 11.4. The molecule has 1 aliphatic rings. The fourth-order valence-electron chi connectivity index (χ4n) is 4.67. The van der Waals surface area contributed by atoms with E-state index in [9.17, 15) is 24.5 Å². The number of fused-ring (bicyclic) bond motifs is 1. The van der Waals surface area contributed by atoms with Crippen LogP contribution in [0.2, 0.25) is 0 Å². The van der Waals surface area contributed by atoms with Crippen molar-refractivity contribution in [3.05, 3.63) is 35.0 Å². The number of aliphatic hydroxyl groups excluding tert-OH is 3. The van der Waals surface area contributed by atoms with Gasteiger partial charge in [0.05, 0.1) is 18.3 Å². The molecule has 5 atom stereocenters. The maximum absolute atomic E-state index is 13.4. The zero-order valence-corrected chi connectivity index (χ0v) is 17.9. The molecule has 5 unspecified atom stereocenters. The SMILES string of the molecule is O=C(O)CCCCCCC1C(O)CC(O)C1CCC(O)c1cc2ccc(F)cc2s1.